The SMILES string of the molecule is COCCc1noc([C@H](C)NC(=O)c2[nH]nc(N)c2Cl)n1. The van der Waals surface area contributed by atoms with Crippen LogP contribution >= 0.6 is 11.6 Å². The van der Waals surface area contributed by atoms with E-state index < -0.39 is 11.9 Å². The lowest BCUT2D eigenvalue weighted by Crippen LogP contribution is -2.27. The molecule has 9 nitrogen and oxygen atoms in total. The molecule has 0 saturated heterocycles. The Bertz CT molecular complexity index is 625. The average Bonchev–Trinajstić information content (AvgIpc) is 3.05. The van der Waals surface area contributed by atoms with Crippen LogP contribution in [0.1, 0.15) is 35.2 Å². The minimum absolute atomic E-state index is 0.0640. The van der Waals surface area contributed by atoms with E-state index in [-0.39, 0.29) is 22.4 Å². The van der Waals surface area contributed by atoms with E-state index in [1.807, 2.05) is 0 Å². The van der Waals surface area contributed by atoms with Crippen LogP contribution in [0.4, 0.5) is 5.82 Å². The van der Waals surface area contributed by atoms with Crippen molar-refractivity contribution in [3.8, 4) is 0 Å². The first kappa shape index (κ1) is 15.3. The van der Waals surface area contributed by atoms with Gasteiger partial charge in [-0.05, 0) is 6.92 Å². The first-order chi connectivity index (χ1) is 10.0. The number of nitrogens with two attached hydrogens (primary N) is 1. The van der Waals surface area contributed by atoms with E-state index in [1.54, 1.807) is 14.0 Å². The van der Waals surface area contributed by atoms with Gasteiger partial charge in [0.25, 0.3) is 5.91 Å². The summed E-state index contributed by atoms with van der Waals surface area (Å²) in [4.78, 5) is 16.2. The maximum absolute atomic E-state index is 12.0. The molecule has 10 heteroatoms. The number of aromatic nitrogens is 4. The summed E-state index contributed by atoms with van der Waals surface area (Å²) in [6, 6.07) is -0.484. The monoisotopic (exact) mass is 314 g/mol. The predicted octanol–water partition coefficient (Wildman–Crippen LogP) is 0.708. The van der Waals surface area contributed by atoms with Crippen molar-refractivity contribution in [3.63, 3.8) is 0 Å². The fourth-order valence-corrected chi connectivity index (χ4v) is 1.73. The third kappa shape index (κ3) is 3.50. The number of aromatic amines is 1. The van der Waals surface area contributed by atoms with Gasteiger partial charge in [0.1, 0.15) is 16.8 Å². The van der Waals surface area contributed by atoms with Crippen LogP contribution in [0.3, 0.4) is 0 Å². The van der Waals surface area contributed by atoms with E-state index in [4.69, 9.17) is 26.6 Å². The number of anilines is 1. The maximum Gasteiger partial charge on any atom is 0.271 e. The smallest absolute Gasteiger partial charge is 0.271 e. The zero-order valence-corrected chi connectivity index (χ0v) is 12.3. The summed E-state index contributed by atoms with van der Waals surface area (Å²) in [7, 11) is 1.59. The van der Waals surface area contributed by atoms with Crippen LogP contribution in [0, 0.1) is 0 Å². The zero-order chi connectivity index (χ0) is 15.4. The standard InChI is InChI=1S/C11H15ClN6O3/c1-5(11-15-6(18-21-11)3-4-20-2)14-10(19)8-7(12)9(13)17-16-8/h5H,3-4H2,1-2H3,(H,14,19)(H3,13,16,17)/t5-/m0/s1. The second kappa shape index (κ2) is 6.55. The van der Waals surface area contributed by atoms with Gasteiger partial charge in [-0.25, -0.2) is 0 Å². The van der Waals surface area contributed by atoms with Gasteiger partial charge in [0.15, 0.2) is 11.6 Å². The molecular formula is C11H15ClN6O3. The van der Waals surface area contributed by atoms with Crippen molar-refractivity contribution < 1.29 is 14.1 Å². The molecular weight excluding hydrogens is 300 g/mol. The van der Waals surface area contributed by atoms with E-state index in [0.29, 0.717) is 18.9 Å². The van der Waals surface area contributed by atoms with Gasteiger partial charge >= 0.3 is 0 Å². The molecule has 0 fully saturated rings. The number of carbonyl (C=O) groups is 1. The van der Waals surface area contributed by atoms with Gasteiger partial charge in [0.2, 0.25) is 5.89 Å². The summed E-state index contributed by atoms with van der Waals surface area (Å²) < 4.78 is 10.0. The number of hydrogen-bond donors (Lipinski definition) is 3. The minimum Gasteiger partial charge on any atom is -0.384 e. The largest absolute Gasteiger partial charge is 0.384 e. The second-order valence-corrected chi connectivity index (χ2v) is 4.66. The summed E-state index contributed by atoms with van der Waals surface area (Å²) in [5, 5.41) is 12.6. The Morgan fingerprint density at radius 2 is 2.38 bits per heavy atom. The third-order valence-corrected chi connectivity index (χ3v) is 3.07. The number of amides is 1. The maximum atomic E-state index is 12.0. The summed E-state index contributed by atoms with van der Waals surface area (Å²) in [5.74, 6) is 0.400. The molecule has 0 aromatic carbocycles. The summed E-state index contributed by atoms with van der Waals surface area (Å²) in [5.41, 5.74) is 5.55. The summed E-state index contributed by atoms with van der Waals surface area (Å²) in [6.07, 6.45) is 0.531. The minimum atomic E-state index is -0.484. The van der Waals surface area contributed by atoms with E-state index in [0.717, 1.165) is 0 Å². The van der Waals surface area contributed by atoms with Crippen LogP contribution in [0.2, 0.25) is 5.02 Å². The quantitative estimate of drug-likeness (QED) is 0.715. The molecule has 114 valence electrons. The fourth-order valence-electron chi connectivity index (χ4n) is 1.56. The number of ether oxygens (including phenoxy) is 1. The Balaban J connectivity index is 2.00. The Hall–Kier alpha value is -2.13. The molecule has 21 heavy (non-hydrogen) atoms. The number of hydrogen-bond acceptors (Lipinski definition) is 7. The highest BCUT2D eigenvalue weighted by Gasteiger charge is 2.21. The Kier molecular flexibility index (Phi) is 4.76. The summed E-state index contributed by atoms with van der Waals surface area (Å²) in [6.45, 7) is 2.20. The van der Waals surface area contributed by atoms with Crippen molar-refractivity contribution in [2.24, 2.45) is 0 Å². The van der Waals surface area contributed by atoms with Gasteiger partial charge in [0, 0.05) is 13.5 Å². The van der Waals surface area contributed by atoms with Crippen molar-refractivity contribution in [1.82, 2.24) is 25.7 Å². The van der Waals surface area contributed by atoms with Crippen molar-refractivity contribution >= 4 is 23.3 Å². The molecule has 2 aromatic rings. The molecule has 0 spiro atoms. The number of methoxy groups -OCH3 is 1. The Labute approximate surface area is 125 Å². The van der Waals surface area contributed by atoms with E-state index in [2.05, 4.69) is 25.7 Å². The number of nitrogens with one attached hydrogen (secondary N) is 2. The predicted molar refractivity (Wildman–Crippen MR) is 73.8 cm³/mol. The molecule has 0 aliphatic rings. The van der Waals surface area contributed by atoms with Crippen molar-refractivity contribution in [3.05, 3.63) is 22.4 Å². The number of nitrogens with zero attached hydrogens (tertiary/aromatic N) is 3. The molecule has 0 aliphatic carbocycles. The second-order valence-electron chi connectivity index (χ2n) is 4.28. The number of H-pyrrole nitrogens is 1. The van der Waals surface area contributed by atoms with Crippen LogP contribution in [-0.2, 0) is 11.2 Å². The lowest BCUT2D eigenvalue weighted by Gasteiger charge is -2.08. The average molecular weight is 315 g/mol. The normalized spacial score (nSPS) is 12.3. The van der Waals surface area contributed by atoms with Crippen LogP contribution in [0.25, 0.3) is 0 Å². The molecule has 2 aromatic heterocycles. The molecule has 0 aliphatic heterocycles. The topological polar surface area (TPSA) is 132 Å². The van der Waals surface area contributed by atoms with Gasteiger partial charge < -0.3 is 20.3 Å². The highest BCUT2D eigenvalue weighted by Crippen LogP contribution is 2.20. The number of carbonyl (C=O) groups excluding carboxylic acids is 1. The van der Waals surface area contributed by atoms with Crippen molar-refractivity contribution in [2.75, 3.05) is 19.5 Å². The molecule has 4 N–H and O–H groups in total. The van der Waals surface area contributed by atoms with Crippen LogP contribution in [0.15, 0.2) is 4.52 Å². The molecule has 0 bridgehead atoms. The van der Waals surface area contributed by atoms with Crippen LogP contribution in [0.5, 0.6) is 0 Å². The van der Waals surface area contributed by atoms with E-state index in [1.165, 1.54) is 0 Å². The molecule has 0 unspecified atom stereocenters. The van der Waals surface area contributed by atoms with Crippen LogP contribution < -0.4 is 11.1 Å². The van der Waals surface area contributed by atoms with Gasteiger partial charge in [-0.2, -0.15) is 10.1 Å². The molecule has 0 saturated carbocycles. The van der Waals surface area contributed by atoms with E-state index in [9.17, 15) is 4.79 Å². The Morgan fingerprint density at radius 1 is 1.62 bits per heavy atom. The zero-order valence-electron chi connectivity index (χ0n) is 11.5. The first-order valence-corrected chi connectivity index (χ1v) is 6.52. The molecule has 1 amide bonds. The van der Waals surface area contributed by atoms with E-state index >= 15 is 0 Å². The lowest BCUT2D eigenvalue weighted by atomic mass is 10.3. The highest BCUT2D eigenvalue weighted by molar-refractivity contribution is 6.35. The van der Waals surface area contributed by atoms with Gasteiger partial charge in [0.05, 0.1) is 6.61 Å². The summed E-state index contributed by atoms with van der Waals surface area (Å²) >= 11 is 5.85. The van der Waals surface area contributed by atoms with Gasteiger partial charge in [-0.15, -0.1) is 0 Å². The number of nitrogen functional groups attached to an aromatic ring is 1. The van der Waals surface area contributed by atoms with Crippen molar-refractivity contribution in [2.45, 2.75) is 19.4 Å². The van der Waals surface area contributed by atoms with Crippen LogP contribution in [-0.4, -0.2) is 40.0 Å². The molecule has 2 rings (SSSR count). The fraction of sp³-hybridized carbons (Fsp3) is 0.455. The number of rotatable bonds is 6. The Morgan fingerprint density at radius 3 is 3.00 bits per heavy atom. The highest BCUT2D eigenvalue weighted by atomic mass is 35.5. The van der Waals surface area contributed by atoms with Gasteiger partial charge in [-0.1, -0.05) is 16.8 Å². The van der Waals surface area contributed by atoms with Crippen molar-refractivity contribution in [1.29, 1.82) is 0 Å². The molecule has 1 atom stereocenters. The number of halogens is 1. The lowest BCUT2D eigenvalue weighted by molar-refractivity contribution is 0.0927. The van der Waals surface area contributed by atoms with Gasteiger partial charge in [-0.3, -0.25) is 9.89 Å². The first-order valence-electron chi connectivity index (χ1n) is 6.14. The third-order valence-electron chi connectivity index (χ3n) is 2.69. The molecule has 0 radical (unpaired) electrons. The molecule has 2 heterocycles.